The van der Waals surface area contributed by atoms with E-state index in [2.05, 4.69) is 34.7 Å². The Kier molecular flexibility index (Phi) is 4.61. The zero-order valence-electron chi connectivity index (χ0n) is 13.6. The van der Waals surface area contributed by atoms with Gasteiger partial charge in [0.05, 0.1) is 11.9 Å². The third-order valence-corrected chi connectivity index (χ3v) is 3.88. The van der Waals surface area contributed by atoms with Crippen LogP contribution in [-0.4, -0.2) is 18.2 Å². The molecule has 2 aromatic carbocycles. The largest absolute Gasteiger partial charge is 0.385 e. The first-order chi connectivity index (χ1) is 11.6. The number of nitrogens with zero attached hydrogens (tertiary/aromatic N) is 2. The van der Waals surface area contributed by atoms with Gasteiger partial charge in [-0.25, -0.2) is 10.3 Å². The molecule has 0 spiro atoms. The lowest BCUT2D eigenvalue weighted by molar-refractivity contribution is 1.06. The van der Waals surface area contributed by atoms with Crippen molar-refractivity contribution in [1.82, 2.24) is 5.32 Å². The summed E-state index contributed by atoms with van der Waals surface area (Å²) in [6.07, 6.45) is 2.58. The summed E-state index contributed by atoms with van der Waals surface area (Å²) in [6, 6.07) is 15.7. The smallest absolute Gasteiger partial charge is 0.130 e. The van der Waals surface area contributed by atoms with Gasteiger partial charge in [0.1, 0.15) is 11.7 Å². The van der Waals surface area contributed by atoms with Crippen LogP contribution in [0.1, 0.15) is 23.1 Å². The third kappa shape index (κ3) is 3.63. The molecular weight excluding hydrogens is 298 g/mol. The number of anilines is 1. The van der Waals surface area contributed by atoms with Crippen LogP contribution in [0.5, 0.6) is 0 Å². The molecule has 0 atom stereocenters. The van der Waals surface area contributed by atoms with Gasteiger partial charge in [-0.2, -0.15) is 0 Å². The van der Waals surface area contributed by atoms with Crippen LogP contribution in [0.2, 0.25) is 0 Å². The molecule has 0 fully saturated rings. The molecular formula is C19H20N5. The van der Waals surface area contributed by atoms with Gasteiger partial charge in [-0.1, -0.05) is 24.3 Å². The molecule has 1 aliphatic rings. The van der Waals surface area contributed by atoms with Gasteiger partial charge in [-0.15, -0.1) is 0 Å². The minimum atomic E-state index is 0.0791. The first kappa shape index (κ1) is 15.8. The summed E-state index contributed by atoms with van der Waals surface area (Å²) in [5.41, 5.74) is 10.4. The highest BCUT2D eigenvalue weighted by molar-refractivity contribution is 5.96. The molecule has 0 saturated heterocycles. The Balaban J connectivity index is 1.49. The first-order valence-corrected chi connectivity index (χ1v) is 7.86. The Morgan fingerprint density at radius 3 is 2.58 bits per heavy atom. The van der Waals surface area contributed by atoms with E-state index in [1.165, 1.54) is 5.56 Å². The zero-order chi connectivity index (χ0) is 16.9. The van der Waals surface area contributed by atoms with E-state index in [1.54, 1.807) is 0 Å². The molecule has 24 heavy (non-hydrogen) atoms. The van der Waals surface area contributed by atoms with Crippen molar-refractivity contribution in [3.8, 4) is 0 Å². The molecule has 5 heteroatoms. The maximum atomic E-state index is 7.39. The maximum Gasteiger partial charge on any atom is 0.130 e. The van der Waals surface area contributed by atoms with Crippen LogP contribution < -0.4 is 16.4 Å². The van der Waals surface area contributed by atoms with E-state index >= 15 is 0 Å². The molecule has 1 aliphatic heterocycles. The molecule has 1 heterocycles. The Morgan fingerprint density at radius 2 is 1.88 bits per heavy atom. The summed E-state index contributed by atoms with van der Waals surface area (Å²) >= 11 is 0. The van der Waals surface area contributed by atoms with Crippen LogP contribution in [0.15, 0.2) is 59.7 Å². The molecule has 4 N–H and O–H groups in total. The molecule has 1 radical (unpaired) electrons. The van der Waals surface area contributed by atoms with Crippen molar-refractivity contribution in [2.24, 2.45) is 10.7 Å². The number of nitrogens with two attached hydrogens (primary N) is 1. The molecule has 121 valence electrons. The number of nitrogen functional groups attached to an aromatic ring is 1. The second-order valence-electron chi connectivity index (χ2n) is 5.65. The normalized spacial score (nSPS) is 13.0. The summed E-state index contributed by atoms with van der Waals surface area (Å²) in [5.74, 6) is 0.913. The van der Waals surface area contributed by atoms with E-state index in [0.717, 1.165) is 41.3 Å². The predicted octanol–water partition coefficient (Wildman–Crippen LogP) is 3.10. The third-order valence-electron chi connectivity index (χ3n) is 3.88. The molecule has 0 saturated carbocycles. The number of nitrogens with one attached hydrogen (secondary N) is 2. The van der Waals surface area contributed by atoms with Gasteiger partial charge in [-0.05, 0) is 36.8 Å². The van der Waals surface area contributed by atoms with Crippen LogP contribution in [0, 0.1) is 12.3 Å². The van der Waals surface area contributed by atoms with Crippen LogP contribution in [0.25, 0.3) is 5.70 Å². The van der Waals surface area contributed by atoms with E-state index in [1.807, 2.05) is 42.6 Å². The SMILES string of the molecule is Cc1ccccc1C1=CN=C(CCNc2ccc(C(=N)N)cc2)[N]1. The standard InChI is InChI=1S/C19H20N5/c1-13-4-2-3-5-16(13)17-12-23-18(24-17)10-11-22-15-8-6-14(7-9-15)19(20)21/h2-9,12,22H,10-11H2,1H3,(H3,20,21). The number of rotatable bonds is 6. The van der Waals surface area contributed by atoms with E-state index in [4.69, 9.17) is 11.1 Å². The monoisotopic (exact) mass is 318 g/mol. The zero-order valence-corrected chi connectivity index (χ0v) is 13.6. The number of amidine groups is 2. The average molecular weight is 318 g/mol. The molecule has 0 aromatic heterocycles. The number of benzene rings is 2. The van der Waals surface area contributed by atoms with Crippen molar-refractivity contribution in [3.05, 3.63) is 71.4 Å². The summed E-state index contributed by atoms with van der Waals surface area (Å²) in [7, 11) is 0. The van der Waals surface area contributed by atoms with Crippen LogP contribution in [0.4, 0.5) is 5.69 Å². The fourth-order valence-electron chi connectivity index (χ4n) is 2.53. The quantitative estimate of drug-likeness (QED) is 0.564. The Bertz CT molecular complexity index is 803. The Morgan fingerprint density at radius 1 is 1.12 bits per heavy atom. The number of aliphatic imine (C=N–C) groups is 1. The molecule has 0 bridgehead atoms. The second-order valence-corrected chi connectivity index (χ2v) is 5.65. The van der Waals surface area contributed by atoms with E-state index in [-0.39, 0.29) is 5.84 Å². The van der Waals surface area contributed by atoms with Crippen molar-refractivity contribution >= 4 is 23.1 Å². The van der Waals surface area contributed by atoms with Gasteiger partial charge in [0, 0.05) is 29.8 Å². The van der Waals surface area contributed by atoms with Crippen LogP contribution in [-0.2, 0) is 0 Å². The van der Waals surface area contributed by atoms with Gasteiger partial charge in [0.2, 0.25) is 0 Å². The highest BCUT2D eigenvalue weighted by atomic mass is 15.1. The summed E-state index contributed by atoms with van der Waals surface area (Å²) < 4.78 is 0. The number of hydrogen-bond acceptors (Lipinski definition) is 3. The van der Waals surface area contributed by atoms with E-state index in [9.17, 15) is 0 Å². The van der Waals surface area contributed by atoms with Crippen LogP contribution in [0.3, 0.4) is 0 Å². The minimum Gasteiger partial charge on any atom is -0.385 e. The lowest BCUT2D eigenvalue weighted by Crippen LogP contribution is -2.15. The van der Waals surface area contributed by atoms with Gasteiger partial charge in [0.15, 0.2) is 0 Å². The Labute approximate surface area is 141 Å². The summed E-state index contributed by atoms with van der Waals surface area (Å²) in [5, 5.41) is 15.3. The number of hydrogen-bond donors (Lipinski definition) is 3. The summed E-state index contributed by atoms with van der Waals surface area (Å²) in [4.78, 5) is 4.41. The van der Waals surface area contributed by atoms with Crippen molar-refractivity contribution in [2.45, 2.75) is 13.3 Å². The van der Waals surface area contributed by atoms with Crippen molar-refractivity contribution in [3.63, 3.8) is 0 Å². The lowest BCUT2D eigenvalue weighted by atomic mass is 10.1. The van der Waals surface area contributed by atoms with Crippen molar-refractivity contribution < 1.29 is 0 Å². The van der Waals surface area contributed by atoms with E-state index in [0.29, 0.717) is 0 Å². The van der Waals surface area contributed by atoms with E-state index < -0.39 is 0 Å². The maximum absolute atomic E-state index is 7.39. The van der Waals surface area contributed by atoms with Crippen molar-refractivity contribution in [1.29, 1.82) is 5.41 Å². The first-order valence-electron chi connectivity index (χ1n) is 7.86. The topological polar surface area (TPSA) is 88.4 Å². The molecule has 2 aromatic rings. The number of aryl methyl sites for hydroxylation is 1. The molecule has 3 rings (SSSR count). The van der Waals surface area contributed by atoms with Crippen LogP contribution >= 0.6 is 0 Å². The Hall–Kier alpha value is -3.08. The predicted molar refractivity (Wildman–Crippen MR) is 99.3 cm³/mol. The van der Waals surface area contributed by atoms with Crippen molar-refractivity contribution in [2.75, 3.05) is 11.9 Å². The van der Waals surface area contributed by atoms with Gasteiger partial charge in [-0.3, -0.25) is 5.41 Å². The molecule has 0 amide bonds. The van der Waals surface area contributed by atoms with Gasteiger partial charge < -0.3 is 11.1 Å². The highest BCUT2D eigenvalue weighted by Crippen LogP contribution is 2.21. The highest BCUT2D eigenvalue weighted by Gasteiger charge is 2.14. The molecule has 0 unspecified atom stereocenters. The minimum absolute atomic E-state index is 0.0791. The average Bonchev–Trinajstić information content (AvgIpc) is 3.04. The van der Waals surface area contributed by atoms with Gasteiger partial charge >= 0.3 is 0 Å². The molecule has 5 nitrogen and oxygen atoms in total. The fraction of sp³-hybridized carbons (Fsp3) is 0.158. The summed E-state index contributed by atoms with van der Waals surface area (Å²) in [6.45, 7) is 2.83. The fourth-order valence-corrected chi connectivity index (χ4v) is 2.53. The second kappa shape index (κ2) is 7.00. The van der Waals surface area contributed by atoms with Gasteiger partial charge in [0.25, 0.3) is 0 Å². The molecule has 0 aliphatic carbocycles. The lowest BCUT2D eigenvalue weighted by Gasteiger charge is -2.09.